The van der Waals surface area contributed by atoms with Gasteiger partial charge >= 0.3 is 5.69 Å². The van der Waals surface area contributed by atoms with Crippen molar-refractivity contribution < 1.29 is 26.4 Å². The van der Waals surface area contributed by atoms with Crippen molar-refractivity contribution in [3.05, 3.63) is 59.1 Å². The predicted molar refractivity (Wildman–Crippen MR) is 91.2 cm³/mol. The SMILES string of the molecule is N#[N+]c1ccc(S(=O)(=O)NC(=O)CN2C(=O)c3ccccc3S2(=O)=O)cc1. The molecule has 27 heavy (non-hydrogen) atoms. The fourth-order valence-corrected chi connectivity index (χ4v) is 4.95. The molecule has 0 saturated heterocycles. The standard InChI is InChI=1S/C15H10N4O6S2/c16-17-10-5-7-11(8-6-10)26(22,23)18-14(20)9-19-15(21)12-3-1-2-4-13(12)27(19,24)25/h1-8H,9H2/p+1. The summed E-state index contributed by atoms with van der Waals surface area (Å²) in [5.74, 6) is -2.11. The Kier molecular flexibility index (Phi) is 4.42. The molecular weight excluding hydrogens is 396 g/mol. The van der Waals surface area contributed by atoms with Crippen molar-refractivity contribution in [2.45, 2.75) is 9.79 Å². The highest BCUT2D eigenvalue weighted by molar-refractivity contribution is 7.90. The molecular formula is C15H11N4O6S2+. The topological polar surface area (TPSA) is 146 Å². The number of amides is 2. The van der Waals surface area contributed by atoms with E-state index in [2.05, 4.69) is 4.98 Å². The summed E-state index contributed by atoms with van der Waals surface area (Å²) in [6, 6.07) is 10.0. The number of rotatable bonds is 4. The van der Waals surface area contributed by atoms with Crippen LogP contribution in [0.25, 0.3) is 4.98 Å². The number of sulfonamides is 2. The third-order valence-electron chi connectivity index (χ3n) is 3.71. The second kappa shape index (κ2) is 6.45. The van der Waals surface area contributed by atoms with Gasteiger partial charge in [0.2, 0.25) is 5.39 Å². The molecule has 0 radical (unpaired) electrons. The highest BCUT2D eigenvalue weighted by atomic mass is 32.2. The maximum absolute atomic E-state index is 12.4. The summed E-state index contributed by atoms with van der Waals surface area (Å²) in [4.78, 5) is 26.7. The van der Waals surface area contributed by atoms with E-state index in [-0.39, 0.29) is 21.0 Å². The van der Waals surface area contributed by atoms with Gasteiger partial charge in [-0.2, -0.15) is 0 Å². The number of nitrogens with zero attached hydrogens (tertiary/aromatic N) is 3. The van der Waals surface area contributed by atoms with Crippen LogP contribution in [0.5, 0.6) is 0 Å². The van der Waals surface area contributed by atoms with Crippen molar-refractivity contribution in [1.82, 2.24) is 9.03 Å². The average Bonchev–Trinajstić information content (AvgIpc) is 2.82. The smallest absolute Gasteiger partial charge is 0.272 e. The monoisotopic (exact) mass is 407 g/mol. The lowest BCUT2D eigenvalue weighted by Gasteiger charge is -2.14. The Balaban J connectivity index is 1.80. The average molecular weight is 407 g/mol. The van der Waals surface area contributed by atoms with Crippen LogP contribution in [0.1, 0.15) is 10.4 Å². The fourth-order valence-electron chi connectivity index (χ4n) is 2.45. The van der Waals surface area contributed by atoms with E-state index in [0.717, 1.165) is 12.1 Å². The van der Waals surface area contributed by atoms with Crippen molar-refractivity contribution in [3.63, 3.8) is 0 Å². The highest BCUT2D eigenvalue weighted by Gasteiger charge is 2.42. The molecule has 0 unspecified atom stereocenters. The number of hydrogen-bond acceptors (Lipinski definition) is 7. The molecule has 3 rings (SSSR count). The van der Waals surface area contributed by atoms with Gasteiger partial charge in [-0.1, -0.05) is 12.1 Å². The molecule has 1 aliphatic rings. The van der Waals surface area contributed by atoms with Crippen LogP contribution in [-0.2, 0) is 24.8 Å². The Bertz CT molecular complexity index is 1200. The quantitative estimate of drug-likeness (QED) is 0.738. The lowest BCUT2D eigenvalue weighted by Crippen LogP contribution is -2.42. The summed E-state index contributed by atoms with van der Waals surface area (Å²) < 4.78 is 51.2. The summed E-state index contributed by atoms with van der Waals surface area (Å²) in [5.41, 5.74) is 0.0169. The highest BCUT2D eigenvalue weighted by Crippen LogP contribution is 2.29. The van der Waals surface area contributed by atoms with E-state index in [4.69, 9.17) is 5.39 Å². The maximum atomic E-state index is 12.4. The molecule has 2 aromatic carbocycles. The van der Waals surface area contributed by atoms with Gasteiger partial charge in [0, 0.05) is 12.1 Å². The van der Waals surface area contributed by atoms with Crippen molar-refractivity contribution in [1.29, 1.82) is 5.39 Å². The zero-order valence-corrected chi connectivity index (χ0v) is 15.1. The van der Waals surface area contributed by atoms with E-state index >= 15 is 0 Å². The van der Waals surface area contributed by atoms with Gasteiger partial charge in [0.1, 0.15) is 11.4 Å². The number of nitrogens with one attached hydrogen (secondary N) is 1. The second-order valence-corrected chi connectivity index (χ2v) is 8.95. The van der Waals surface area contributed by atoms with E-state index in [0.29, 0.717) is 4.31 Å². The summed E-state index contributed by atoms with van der Waals surface area (Å²) in [7, 11) is -8.54. The van der Waals surface area contributed by atoms with Crippen LogP contribution in [-0.4, -0.2) is 39.5 Å². The van der Waals surface area contributed by atoms with Gasteiger partial charge in [0.05, 0.1) is 10.5 Å². The summed E-state index contributed by atoms with van der Waals surface area (Å²) >= 11 is 0. The molecule has 138 valence electrons. The predicted octanol–water partition coefficient (Wildman–Crippen LogP) is 0.821. The molecule has 0 aromatic heterocycles. The Morgan fingerprint density at radius 3 is 2.33 bits per heavy atom. The normalized spacial score (nSPS) is 15.1. The van der Waals surface area contributed by atoms with Crippen molar-refractivity contribution >= 4 is 37.5 Å². The van der Waals surface area contributed by atoms with Gasteiger partial charge in [0.15, 0.2) is 4.98 Å². The van der Waals surface area contributed by atoms with Crippen molar-refractivity contribution in [2.24, 2.45) is 0 Å². The van der Waals surface area contributed by atoms with Crippen LogP contribution < -0.4 is 4.72 Å². The minimum atomic E-state index is -4.30. The lowest BCUT2D eigenvalue weighted by molar-refractivity contribution is -0.119. The first kappa shape index (κ1) is 18.5. The van der Waals surface area contributed by atoms with Gasteiger partial charge < -0.3 is 0 Å². The van der Waals surface area contributed by atoms with E-state index in [1.807, 2.05) is 0 Å². The van der Waals surface area contributed by atoms with Gasteiger partial charge in [-0.05, 0) is 24.3 Å². The van der Waals surface area contributed by atoms with E-state index in [1.165, 1.54) is 36.4 Å². The van der Waals surface area contributed by atoms with Crippen LogP contribution in [0, 0.1) is 5.39 Å². The number of benzene rings is 2. The molecule has 0 atom stereocenters. The minimum absolute atomic E-state index is 0.0866. The van der Waals surface area contributed by atoms with Crippen LogP contribution in [0.4, 0.5) is 5.69 Å². The number of fused-ring (bicyclic) bond motifs is 1. The molecule has 1 heterocycles. The molecule has 1 N–H and O–H groups in total. The summed E-state index contributed by atoms with van der Waals surface area (Å²) in [6.07, 6.45) is 0. The zero-order chi connectivity index (χ0) is 19.8. The third-order valence-corrected chi connectivity index (χ3v) is 6.89. The second-order valence-electron chi connectivity index (χ2n) is 5.44. The number of diazo groups is 1. The first-order valence-corrected chi connectivity index (χ1v) is 10.3. The van der Waals surface area contributed by atoms with Crippen molar-refractivity contribution in [2.75, 3.05) is 6.54 Å². The first-order chi connectivity index (χ1) is 12.7. The molecule has 0 fully saturated rings. The van der Waals surface area contributed by atoms with Gasteiger partial charge in [-0.15, -0.1) is 0 Å². The molecule has 10 nitrogen and oxygen atoms in total. The molecule has 0 aliphatic carbocycles. The lowest BCUT2D eigenvalue weighted by atomic mass is 10.2. The zero-order valence-electron chi connectivity index (χ0n) is 13.4. The largest absolute Gasteiger partial charge is 0.385 e. The van der Waals surface area contributed by atoms with E-state index < -0.39 is 38.4 Å². The third kappa shape index (κ3) is 3.25. The molecule has 0 bridgehead atoms. The van der Waals surface area contributed by atoms with Gasteiger partial charge in [0.25, 0.3) is 31.9 Å². The molecule has 2 aromatic rings. The Labute approximate surface area is 154 Å². The Hall–Kier alpha value is -3.30. The Morgan fingerprint density at radius 1 is 1.11 bits per heavy atom. The first-order valence-electron chi connectivity index (χ1n) is 7.34. The van der Waals surface area contributed by atoms with Gasteiger partial charge in [-0.25, -0.2) is 25.9 Å². The van der Waals surface area contributed by atoms with Crippen molar-refractivity contribution in [3.8, 4) is 0 Å². The maximum Gasteiger partial charge on any atom is 0.385 e. The van der Waals surface area contributed by atoms with Crippen LogP contribution in [0.3, 0.4) is 0 Å². The number of hydrogen-bond donors (Lipinski definition) is 1. The Morgan fingerprint density at radius 2 is 1.74 bits per heavy atom. The number of carbonyl (C=O) groups is 2. The molecule has 1 aliphatic heterocycles. The van der Waals surface area contributed by atoms with Crippen LogP contribution >= 0.6 is 0 Å². The summed E-state index contributed by atoms with van der Waals surface area (Å²) in [5, 5.41) is 8.60. The van der Waals surface area contributed by atoms with Gasteiger partial charge in [-0.3, -0.25) is 9.59 Å². The van der Waals surface area contributed by atoms with Crippen LogP contribution in [0.2, 0.25) is 0 Å². The fraction of sp³-hybridized carbons (Fsp3) is 0.0667. The van der Waals surface area contributed by atoms with Crippen LogP contribution in [0.15, 0.2) is 58.3 Å². The minimum Gasteiger partial charge on any atom is -0.272 e. The summed E-state index contributed by atoms with van der Waals surface area (Å²) in [6.45, 7) is -0.987. The van der Waals surface area contributed by atoms with E-state index in [1.54, 1.807) is 4.72 Å². The van der Waals surface area contributed by atoms with E-state index in [9.17, 15) is 26.4 Å². The number of carbonyl (C=O) groups excluding carboxylic acids is 2. The molecule has 0 saturated carbocycles. The molecule has 12 heteroatoms. The molecule has 2 amide bonds. The molecule has 0 spiro atoms.